The highest BCUT2D eigenvalue weighted by Gasteiger charge is 2.25. The van der Waals surface area contributed by atoms with E-state index in [1.54, 1.807) is 42.5 Å². The van der Waals surface area contributed by atoms with Crippen LogP contribution in [0.2, 0.25) is 0 Å². The molecule has 1 aliphatic carbocycles. The summed E-state index contributed by atoms with van der Waals surface area (Å²) in [5.41, 5.74) is 2.81. The number of halogens is 1. The predicted molar refractivity (Wildman–Crippen MR) is 124 cm³/mol. The van der Waals surface area contributed by atoms with Crippen LogP contribution in [0, 0.1) is 12.7 Å². The summed E-state index contributed by atoms with van der Waals surface area (Å²) in [6.45, 7) is 1.83. The maximum Gasteiger partial charge on any atom is 0.257 e. The molecule has 3 aromatic rings. The van der Waals surface area contributed by atoms with E-state index in [9.17, 15) is 19.1 Å². The average molecular weight is 448 g/mol. The van der Waals surface area contributed by atoms with Crippen molar-refractivity contribution in [3.63, 3.8) is 0 Å². The molecule has 0 aliphatic heterocycles. The number of amides is 2. The molecule has 0 spiro atoms. The Kier molecular flexibility index (Phi) is 6.79. The number of aromatic nitrogens is 1. The molecule has 0 bridgehead atoms. The van der Waals surface area contributed by atoms with E-state index >= 15 is 0 Å². The van der Waals surface area contributed by atoms with Crippen molar-refractivity contribution in [2.75, 3.05) is 5.32 Å². The van der Waals surface area contributed by atoms with E-state index in [-0.39, 0.29) is 17.5 Å². The lowest BCUT2D eigenvalue weighted by molar-refractivity contribution is 0.0717. The number of carbonyl (C=O) groups excluding carboxylic acids is 2. The van der Waals surface area contributed by atoms with Gasteiger partial charge in [0.2, 0.25) is 0 Å². The molecule has 1 heterocycles. The van der Waals surface area contributed by atoms with Crippen LogP contribution < -0.4 is 10.6 Å². The number of pyridine rings is 1. The van der Waals surface area contributed by atoms with Crippen LogP contribution in [0.15, 0.2) is 60.9 Å². The van der Waals surface area contributed by atoms with Crippen molar-refractivity contribution in [2.45, 2.75) is 44.8 Å². The van der Waals surface area contributed by atoms with Gasteiger partial charge in [-0.05, 0) is 49.6 Å². The number of nitrogens with one attached hydrogen (secondary N) is 2. The molecule has 6 nitrogen and oxygen atoms in total. The Morgan fingerprint density at radius 2 is 1.79 bits per heavy atom. The standard InChI is InChI=1S/C26H26FN3O3/c1-16-10-11-17(25(32)29-22-8-4-5-9-24(22)31)13-23(16)30-26(33)19-12-18(14-28-15-19)20-6-2-3-7-21(20)27/h2-3,6-7,10-15,22,24,31H,4-5,8-9H2,1H3,(H,29,32)(H,30,33)/t22-,24-/m0/s1. The second-order valence-corrected chi connectivity index (χ2v) is 8.36. The number of aliphatic hydroxyl groups is 1. The zero-order chi connectivity index (χ0) is 23.4. The van der Waals surface area contributed by atoms with E-state index in [4.69, 9.17) is 0 Å². The molecule has 0 saturated heterocycles. The summed E-state index contributed by atoms with van der Waals surface area (Å²) in [6.07, 6.45) is 5.73. The topological polar surface area (TPSA) is 91.3 Å². The number of carbonyl (C=O) groups is 2. The first-order valence-corrected chi connectivity index (χ1v) is 11.0. The third kappa shape index (κ3) is 5.26. The van der Waals surface area contributed by atoms with Gasteiger partial charge in [-0.2, -0.15) is 0 Å². The number of aryl methyl sites for hydroxylation is 1. The summed E-state index contributed by atoms with van der Waals surface area (Å²) in [5, 5.41) is 15.9. The molecule has 3 N–H and O–H groups in total. The van der Waals surface area contributed by atoms with E-state index in [2.05, 4.69) is 15.6 Å². The van der Waals surface area contributed by atoms with E-state index < -0.39 is 17.8 Å². The summed E-state index contributed by atoms with van der Waals surface area (Å²) in [5.74, 6) is -1.10. The van der Waals surface area contributed by atoms with Crippen LogP contribution in [-0.2, 0) is 0 Å². The van der Waals surface area contributed by atoms with Crippen LogP contribution in [0.5, 0.6) is 0 Å². The Labute approximate surface area is 191 Å². The van der Waals surface area contributed by atoms with E-state index in [1.165, 1.54) is 18.5 Å². The summed E-state index contributed by atoms with van der Waals surface area (Å²) < 4.78 is 14.1. The van der Waals surface area contributed by atoms with Gasteiger partial charge in [-0.1, -0.05) is 37.1 Å². The minimum absolute atomic E-state index is 0.266. The molecule has 4 rings (SSSR count). The normalized spacial score (nSPS) is 17.9. The van der Waals surface area contributed by atoms with Crippen LogP contribution >= 0.6 is 0 Å². The van der Waals surface area contributed by atoms with Crippen molar-refractivity contribution in [1.82, 2.24) is 10.3 Å². The number of hydrogen-bond donors (Lipinski definition) is 3. The third-order valence-corrected chi connectivity index (χ3v) is 5.98. The minimum Gasteiger partial charge on any atom is -0.391 e. The number of rotatable bonds is 5. The van der Waals surface area contributed by atoms with Crippen molar-refractivity contribution >= 4 is 17.5 Å². The van der Waals surface area contributed by atoms with Crippen LogP contribution in [0.4, 0.5) is 10.1 Å². The molecule has 2 aromatic carbocycles. The molecule has 1 aliphatic rings. The number of nitrogens with zero attached hydrogens (tertiary/aromatic N) is 1. The highest BCUT2D eigenvalue weighted by atomic mass is 19.1. The zero-order valence-electron chi connectivity index (χ0n) is 18.3. The minimum atomic E-state index is -0.540. The van der Waals surface area contributed by atoms with E-state index in [0.717, 1.165) is 24.8 Å². The van der Waals surface area contributed by atoms with Crippen molar-refractivity contribution in [2.24, 2.45) is 0 Å². The molecule has 170 valence electrons. The Bertz CT molecular complexity index is 1180. The van der Waals surface area contributed by atoms with Gasteiger partial charge in [0.05, 0.1) is 17.7 Å². The maximum atomic E-state index is 14.1. The molecular formula is C26H26FN3O3. The number of anilines is 1. The van der Waals surface area contributed by atoms with Crippen LogP contribution in [-0.4, -0.2) is 34.1 Å². The fourth-order valence-corrected chi connectivity index (χ4v) is 4.03. The predicted octanol–water partition coefficient (Wildman–Crippen LogP) is 4.48. The summed E-state index contributed by atoms with van der Waals surface area (Å²) in [7, 11) is 0. The molecule has 2 atom stereocenters. The highest BCUT2D eigenvalue weighted by molar-refractivity contribution is 6.06. The lowest BCUT2D eigenvalue weighted by Crippen LogP contribution is -2.45. The Morgan fingerprint density at radius 1 is 1.00 bits per heavy atom. The number of aliphatic hydroxyl groups excluding tert-OH is 1. The monoisotopic (exact) mass is 447 g/mol. The lowest BCUT2D eigenvalue weighted by Gasteiger charge is -2.28. The zero-order valence-corrected chi connectivity index (χ0v) is 18.3. The van der Waals surface area contributed by atoms with Gasteiger partial charge < -0.3 is 15.7 Å². The highest BCUT2D eigenvalue weighted by Crippen LogP contribution is 2.24. The van der Waals surface area contributed by atoms with E-state index in [1.807, 2.05) is 6.92 Å². The first-order chi connectivity index (χ1) is 15.9. The van der Waals surface area contributed by atoms with Gasteiger partial charge >= 0.3 is 0 Å². The molecule has 0 radical (unpaired) electrons. The number of benzene rings is 2. The van der Waals surface area contributed by atoms with Crippen molar-refractivity contribution in [3.8, 4) is 11.1 Å². The van der Waals surface area contributed by atoms with E-state index in [0.29, 0.717) is 28.8 Å². The second-order valence-electron chi connectivity index (χ2n) is 8.36. The smallest absolute Gasteiger partial charge is 0.257 e. The summed E-state index contributed by atoms with van der Waals surface area (Å²) >= 11 is 0. The summed E-state index contributed by atoms with van der Waals surface area (Å²) in [4.78, 5) is 29.7. The van der Waals surface area contributed by atoms with Gasteiger partial charge in [-0.3, -0.25) is 14.6 Å². The van der Waals surface area contributed by atoms with Crippen molar-refractivity contribution in [3.05, 3.63) is 83.4 Å². The third-order valence-electron chi connectivity index (χ3n) is 5.98. The Morgan fingerprint density at radius 3 is 2.58 bits per heavy atom. The van der Waals surface area contributed by atoms with Crippen molar-refractivity contribution in [1.29, 1.82) is 0 Å². The first-order valence-electron chi connectivity index (χ1n) is 11.0. The van der Waals surface area contributed by atoms with Gasteiger partial charge in [0.1, 0.15) is 5.82 Å². The molecule has 1 aromatic heterocycles. The largest absolute Gasteiger partial charge is 0.391 e. The van der Waals surface area contributed by atoms with Gasteiger partial charge in [0.25, 0.3) is 11.8 Å². The molecule has 7 heteroatoms. The maximum absolute atomic E-state index is 14.1. The molecule has 0 unspecified atom stereocenters. The van der Waals surface area contributed by atoms with Gasteiger partial charge in [0, 0.05) is 34.8 Å². The number of hydrogen-bond acceptors (Lipinski definition) is 4. The van der Waals surface area contributed by atoms with Crippen LogP contribution in [0.1, 0.15) is 52.0 Å². The molecular weight excluding hydrogens is 421 g/mol. The molecule has 1 fully saturated rings. The fraction of sp³-hybridized carbons (Fsp3) is 0.269. The van der Waals surface area contributed by atoms with Crippen LogP contribution in [0.3, 0.4) is 0 Å². The van der Waals surface area contributed by atoms with Gasteiger partial charge in [0.15, 0.2) is 0 Å². The fourth-order valence-electron chi connectivity index (χ4n) is 4.03. The molecule has 2 amide bonds. The van der Waals surface area contributed by atoms with Gasteiger partial charge in [-0.15, -0.1) is 0 Å². The van der Waals surface area contributed by atoms with Crippen molar-refractivity contribution < 1.29 is 19.1 Å². The summed E-state index contributed by atoms with van der Waals surface area (Å²) in [6, 6.07) is 12.7. The quantitative estimate of drug-likeness (QED) is 0.538. The Hall–Kier alpha value is -3.58. The SMILES string of the molecule is Cc1ccc(C(=O)N[C@H]2CCCC[C@@H]2O)cc1NC(=O)c1cncc(-c2ccccc2F)c1. The molecule has 33 heavy (non-hydrogen) atoms. The molecule has 1 saturated carbocycles. The lowest BCUT2D eigenvalue weighted by atomic mass is 9.92. The second kappa shape index (κ2) is 9.92. The van der Waals surface area contributed by atoms with Crippen LogP contribution in [0.25, 0.3) is 11.1 Å². The van der Waals surface area contributed by atoms with Gasteiger partial charge in [-0.25, -0.2) is 4.39 Å². The Balaban J connectivity index is 1.51. The first kappa shape index (κ1) is 22.6. The average Bonchev–Trinajstić information content (AvgIpc) is 2.82.